The molecule has 3 rings (SSSR count). The summed E-state index contributed by atoms with van der Waals surface area (Å²) in [5.41, 5.74) is 1.52. The van der Waals surface area contributed by atoms with E-state index in [2.05, 4.69) is 15.9 Å². The predicted molar refractivity (Wildman–Crippen MR) is 77.3 cm³/mol. The molecule has 0 aliphatic carbocycles. The van der Waals surface area contributed by atoms with Crippen LogP contribution < -0.4 is 9.47 Å². The van der Waals surface area contributed by atoms with E-state index in [0.717, 1.165) is 27.8 Å². The molecule has 20 heavy (non-hydrogen) atoms. The second-order valence-electron chi connectivity index (χ2n) is 4.57. The van der Waals surface area contributed by atoms with Gasteiger partial charge in [-0.1, -0.05) is 22.9 Å². The second kappa shape index (κ2) is 5.50. The first kappa shape index (κ1) is 13.5. The Morgan fingerprint density at radius 3 is 2.60 bits per heavy atom. The Labute approximate surface area is 125 Å². The number of fused-ring (bicyclic) bond motifs is 1. The van der Waals surface area contributed by atoms with Gasteiger partial charge in [-0.3, -0.25) is 0 Å². The molecule has 2 aromatic rings. The quantitative estimate of drug-likeness (QED) is 0.931. The summed E-state index contributed by atoms with van der Waals surface area (Å²) >= 11 is 3.48. The van der Waals surface area contributed by atoms with E-state index in [4.69, 9.17) is 13.9 Å². The number of furan rings is 1. The lowest BCUT2D eigenvalue weighted by Gasteiger charge is -2.21. The molecule has 4 nitrogen and oxygen atoms in total. The highest BCUT2D eigenvalue weighted by Crippen LogP contribution is 2.40. The topological polar surface area (TPSA) is 51.8 Å². The normalized spacial score (nSPS) is 15.2. The van der Waals surface area contributed by atoms with Crippen LogP contribution in [0.25, 0.3) is 0 Å². The molecule has 0 saturated carbocycles. The van der Waals surface area contributed by atoms with Crippen molar-refractivity contribution in [3.05, 3.63) is 45.8 Å². The third-order valence-corrected chi connectivity index (χ3v) is 4.04. The molecule has 1 aliphatic rings. The molecule has 5 heteroatoms. The van der Waals surface area contributed by atoms with Crippen LogP contribution in [0.1, 0.15) is 29.9 Å². The SMILES string of the molecule is CCc1occc1C(O)c1cc2c(cc1Br)OCCO2. The van der Waals surface area contributed by atoms with E-state index in [1.807, 2.05) is 19.1 Å². The highest BCUT2D eigenvalue weighted by atomic mass is 79.9. The highest BCUT2D eigenvalue weighted by molar-refractivity contribution is 9.10. The van der Waals surface area contributed by atoms with E-state index in [1.165, 1.54) is 0 Å². The summed E-state index contributed by atoms with van der Waals surface area (Å²) in [6.07, 6.45) is 1.58. The molecule has 1 aliphatic heterocycles. The molecular weight excluding hydrogens is 324 g/mol. The Balaban J connectivity index is 2.01. The van der Waals surface area contributed by atoms with Crippen LogP contribution in [0.2, 0.25) is 0 Å². The van der Waals surface area contributed by atoms with Crippen LogP contribution >= 0.6 is 15.9 Å². The Morgan fingerprint density at radius 1 is 1.20 bits per heavy atom. The van der Waals surface area contributed by atoms with Gasteiger partial charge in [-0.25, -0.2) is 0 Å². The smallest absolute Gasteiger partial charge is 0.162 e. The first-order chi connectivity index (χ1) is 9.70. The Morgan fingerprint density at radius 2 is 1.90 bits per heavy atom. The van der Waals surface area contributed by atoms with Crippen molar-refractivity contribution in [2.75, 3.05) is 13.2 Å². The lowest BCUT2D eigenvalue weighted by molar-refractivity contribution is 0.169. The van der Waals surface area contributed by atoms with Crippen molar-refractivity contribution < 1.29 is 19.0 Å². The van der Waals surface area contributed by atoms with E-state index >= 15 is 0 Å². The van der Waals surface area contributed by atoms with Crippen molar-refractivity contribution in [3.63, 3.8) is 0 Å². The number of aryl methyl sites for hydroxylation is 1. The Hall–Kier alpha value is -1.46. The van der Waals surface area contributed by atoms with E-state index in [-0.39, 0.29) is 0 Å². The molecular formula is C15H15BrO4. The molecule has 0 amide bonds. The number of hydrogen-bond donors (Lipinski definition) is 1. The van der Waals surface area contributed by atoms with Gasteiger partial charge in [0.2, 0.25) is 0 Å². The maximum atomic E-state index is 10.6. The van der Waals surface area contributed by atoms with Crippen LogP contribution in [-0.4, -0.2) is 18.3 Å². The van der Waals surface area contributed by atoms with E-state index in [9.17, 15) is 5.11 Å². The summed E-state index contributed by atoms with van der Waals surface area (Å²) < 4.78 is 17.2. The third kappa shape index (κ3) is 2.31. The fraction of sp³-hybridized carbons (Fsp3) is 0.333. The summed E-state index contributed by atoms with van der Waals surface area (Å²) in [6.45, 7) is 3.06. The fourth-order valence-corrected chi connectivity index (χ4v) is 2.88. The molecule has 2 heterocycles. The van der Waals surface area contributed by atoms with Crippen molar-refractivity contribution >= 4 is 15.9 Å². The summed E-state index contributed by atoms with van der Waals surface area (Å²) in [5.74, 6) is 2.15. The summed E-state index contributed by atoms with van der Waals surface area (Å²) in [6, 6.07) is 5.45. The van der Waals surface area contributed by atoms with Gasteiger partial charge in [0.15, 0.2) is 11.5 Å². The first-order valence-corrected chi connectivity index (χ1v) is 7.33. The van der Waals surface area contributed by atoms with E-state index in [1.54, 1.807) is 12.3 Å². The molecule has 0 bridgehead atoms. The van der Waals surface area contributed by atoms with E-state index < -0.39 is 6.10 Å². The van der Waals surface area contributed by atoms with Crippen LogP contribution in [0.15, 0.2) is 33.4 Å². The van der Waals surface area contributed by atoms with Crippen LogP contribution in [0.4, 0.5) is 0 Å². The molecule has 0 saturated heterocycles. The van der Waals surface area contributed by atoms with Gasteiger partial charge >= 0.3 is 0 Å². The number of rotatable bonds is 3. The highest BCUT2D eigenvalue weighted by Gasteiger charge is 2.22. The molecule has 1 N–H and O–H groups in total. The Bertz CT molecular complexity index is 620. The zero-order chi connectivity index (χ0) is 14.1. The van der Waals surface area contributed by atoms with Crippen molar-refractivity contribution in [2.45, 2.75) is 19.4 Å². The monoisotopic (exact) mass is 338 g/mol. The van der Waals surface area contributed by atoms with Gasteiger partial charge in [0.1, 0.15) is 25.1 Å². The maximum Gasteiger partial charge on any atom is 0.162 e. The first-order valence-electron chi connectivity index (χ1n) is 6.54. The van der Waals surface area contributed by atoms with Crippen LogP contribution in [0.5, 0.6) is 11.5 Å². The number of ether oxygens (including phenoxy) is 2. The maximum absolute atomic E-state index is 10.6. The standard InChI is InChI=1S/C15H15BrO4/c1-2-12-9(3-4-18-12)15(17)10-7-13-14(8-11(10)16)20-6-5-19-13/h3-4,7-8,15,17H,2,5-6H2,1H3. The van der Waals surface area contributed by atoms with Gasteiger partial charge < -0.3 is 19.0 Å². The lowest BCUT2D eigenvalue weighted by Crippen LogP contribution is -2.16. The van der Waals surface area contributed by atoms with E-state index in [0.29, 0.717) is 24.7 Å². The van der Waals surface area contributed by atoms with Gasteiger partial charge in [0, 0.05) is 22.0 Å². The van der Waals surface area contributed by atoms with Gasteiger partial charge in [0.05, 0.1) is 6.26 Å². The lowest BCUT2D eigenvalue weighted by atomic mass is 10.0. The average molecular weight is 339 g/mol. The average Bonchev–Trinajstić information content (AvgIpc) is 2.94. The molecule has 0 spiro atoms. The zero-order valence-electron chi connectivity index (χ0n) is 11.1. The second-order valence-corrected chi connectivity index (χ2v) is 5.43. The minimum Gasteiger partial charge on any atom is -0.486 e. The van der Waals surface area contributed by atoms with Crippen molar-refractivity contribution in [2.24, 2.45) is 0 Å². The number of aliphatic hydroxyl groups is 1. The van der Waals surface area contributed by atoms with Crippen molar-refractivity contribution in [1.29, 1.82) is 0 Å². The zero-order valence-corrected chi connectivity index (χ0v) is 12.6. The minimum atomic E-state index is -0.756. The minimum absolute atomic E-state index is 0.524. The number of aliphatic hydroxyl groups excluding tert-OH is 1. The number of benzene rings is 1. The molecule has 0 radical (unpaired) electrons. The van der Waals surface area contributed by atoms with Crippen molar-refractivity contribution in [1.82, 2.24) is 0 Å². The number of halogens is 1. The Kier molecular flexibility index (Phi) is 3.72. The summed E-state index contributed by atoms with van der Waals surface area (Å²) in [5, 5.41) is 10.6. The molecule has 0 fully saturated rings. The van der Waals surface area contributed by atoms with Gasteiger partial charge in [-0.05, 0) is 18.2 Å². The largest absolute Gasteiger partial charge is 0.486 e. The van der Waals surface area contributed by atoms with Crippen molar-refractivity contribution in [3.8, 4) is 11.5 Å². The summed E-state index contributed by atoms with van der Waals surface area (Å²) in [7, 11) is 0. The predicted octanol–water partition coefficient (Wildman–Crippen LogP) is 3.46. The van der Waals surface area contributed by atoms with Gasteiger partial charge in [-0.15, -0.1) is 0 Å². The van der Waals surface area contributed by atoms with Gasteiger partial charge in [0.25, 0.3) is 0 Å². The van der Waals surface area contributed by atoms with Crippen LogP contribution in [-0.2, 0) is 6.42 Å². The summed E-state index contributed by atoms with van der Waals surface area (Å²) in [4.78, 5) is 0. The van der Waals surface area contributed by atoms with Gasteiger partial charge in [-0.2, -0.15) is 0 Å². The fourth-order valence-electron chi connectivity index (χ4n) is 2.34. The molecule has 1 aromatic heterocycles. The molecule has 1 aromatic carbocycles. The molecule has 106 valence electrons. The third-order valence-electron chi connectivity index (χ3n) is 3.35. The molecule has 1 unspecified atom stereocenters. The number of hydrogen-bond acceptors (Lipinski definition) is 4. The van der Waals surface area contributed by atoms with Crippen LogP contribution in [0.3, 0.4) is 0 Å². The van der Waals surface area contributed by atoms with Crippen LogP contribution in [0, 0.1) is 0 Å². The molecule has 1 atom stereocenters.